The molecule has 3 aromatic heterocycles. The molecule has 2 fully saturated rings. The predicted octanol–water partition coefficient (Wildman–Crippen LogP) is 3.64. The van der Waals surface area contributed by atoms with Gasteiger partial charge in [-0.1, -0.05) is 19.9 Å². The minimum atomic E-state index is -0.0627. The van der Waals surface area contributed by atoms with Crippen LogP contribution >= 0.6 is 0 Å². The highest BCUT2D eigenvalue weighted by Crippen LogP contribution is 2.34. The van der Waals surface area contributed by atoms with Crippen LogP contribution < -0.4 is 15.2 Å². The Morgan fingerprint density at radius 2 is 1.97 bits per heavy atom. The van der Waals surface area contributed by atoms with Crippen LogP contribution in [0.2, 0.25) is 0 Å². The van der Waals surface area contributed by atoms with Crippen molar-refractivity contribution in [3.63, 3.8) is 0 Å². The molecule has 0 bridgehead atoms. The fraction of sp³-hybridized carbons (Fsp3) is 0.556. The van der Waals surface area contributed by atoms with Gasteiger partial charge in [0.05, 0.1) is 23.5 Å². The van der Waals surface area contributed by atoms with Gasteiger partial charge in [-0.05, 0) is 38.2 Å². The number of nitriles is 1. The van der Waals surface area contributed by atoms with Gasteiger partial charge in [0.25, 0.3) is 5.56 Å². The van der Waals surface area contributed by atoms with Crippen molar-refractivity contribution < 1.29 is 4.74 Å². The van der Waals surface area contributed by atoms with Gasteiger partial charge in [-0.2, -0.15) is 10.4 Å². The molecule has 0 amide bonds. The van der Waals surface area contributed by atoms with Gasteiger partial charge in [0.15, 0.2) is 0 Å². The van der Waals surface area contributed by atoms with Gasteiger partial charge in [-0.15, -0.1) is 0 Å². The molecule has 0 aromatic carbocycles. The average molecular weight is 490 g/mol. The van der Waals surface area contributed by atoms with Crippen LogP contribution in [0.4, 0.5) is 5.69 Å². The highest BCUT2D eigenvalue weighted by molar-refractivity contribution is 5.88. The first kappa shape index (κ1) is 24.3. The molecule has 1 aliphatic heterocycles. The standard InChI is InChI=1S/C27H35N7O2/c1-5-20-16-34(23-13-26(35)31(4)24-17-32(12-11-28)30-27(23)24)21(6-2)15-33(20)18(3)19-7-10-25(29-14-19)36-22-8-9-22/h7,10,13-14,17-18,20-22H,5-6,8-9,12,15-16H2,1-4H3/t18?,20-,21+/m1/s1. The second-order valence-corrected chi connectivity index (χ2v) is 10.0. The molecular weight excluding hydrogens is 454 g/mol. The minimum Gasteiger partial charge on any atom is -0.474 e. The lowest BCUT2D eigenvalue weighted by atomic mass is 9.97. The van der Waals surface area contributed by atoms with E-state index in [9.17, 15) is 4.79 Å². The molecule has 0 spiro atoms. The van der Waals surface area contributed by atoms with Gasteiger partial charge >= 0.3 is 0 Å². The summed E-state index contributed by atoms with van der Waals surface area (Å²) in [6.07, 6.45) is 8.28. The summed E-state index contributed by atoms with van der Waals surface area (Å²) >= 11 is 0. The van der Waals surface area contributed by atoms with Crippen molar-refractivity contribution in [1.29, 1.82) is 5.26 Å². The summed E-state index contributed by atoms with van der Waals surface area (Å²) in [4.78, 5) is 22.4. The number of hydrogen-bond acceptors (Lipinski definition) is 7. The molecule has 1 aliphatic carbocycles. The molecule has 5 rings (SSSR count). The van der Waals surface area contributed by atoms with E-state index in [-0.39, 0.29) is 24.2 Å². The van der Waals surface area contributed by atoms with E-state index in [1.807, 2.05) is 12.3 Å². The number of hydrogen-bond donors (Lipinski definition) is 0. The van der Waals surface area contributed by atoms with Gasteiger partial charge < -0.3 is 14.2 Å². The fourth-order valence-corrected chi connectivity index (χ4v) is 5.32. The van der Waals surface area contributed by atoms with E-state index in [4.69, 9.17) is 15.1 Å². The third-order valence-corrected chi connectivity index (χ3v) is 7.71. The zero-order chi connectivity index (χ0) is 25.4. The molecule has 190 valence electrons. The molecule has 0 radical (unpaired) electrons. The lowest BCUT2D eigenvalue weighted by Crippen LogP contribution is -2.58. The van der Waals surface area contributed by atoms with Crippen molar-refractivity contribution in [1.82, 2.24) is 24.2 Å². The highest BCUT2D eigenvalue weighted by atomic mass is 16.5. The molecule has 9 heteroatoms. The lowest BCUT2D eigenvalue weighted by Gasteiger charge is -2.49. The van der Waals surface area contributed by atoms with Gasteiger partial charge in [0, 0.05) is 56.6 Å². The molecule has 1 unspecified atom stereocenters. The molecule has 2 aliphatic rings. The molecule has 9 nitrogen and oxygen atoms in total. The van der Waals surface area contributed by atoms with Gasteiger partial charge in [-0.25, -0.2) is 4.98 Å². The van der Waals surface area contributed by atoms with E-state index in [1.54, 1.807) is 28.6 Å². The monoisotopic (exact) mass is 489 g/mol. The van der Waals surface area contributed by atoms with Crippen LogP contribution in [0.1, 0.15) is 58.1 Å². The lowest BCUT2D eigenvalue weighted by molar-refractivity contribution is 0.101. The maximum Gasteiger partial charge on any atom is 0.252 e. The second-order valence-electron chi connectivity index (χ2n) is 10.0. The van der Waals surface area contributed by atoms with E-state index >= 15 is 0 Å². The van der Waals surface area contributed by atoms with Crippen LogP contribution in [0.25, 0.3) is 11.0 Å². The van der Waals surface area contributed by atoms with Crippen molar-refractivity contribution >= 4 is 16.7 Å². The Morgan fingerprint density at radius 1 is 1.19 bits per heavy atom. The number of pyridine rings is 2. The zero-order valence-corrected chi connectivity index (χ0v) is 21.6. The van der Waals surface area contributed by atoms with Crippen molar-refractivity contribution in [2.45, 2.75) is 77.2 Å². The van der Waals surface area contributed by atoms with E-state index in [1.165, 1.54) is 5.56 Å². The first-order valence-corrected chi connectivity index (χ1v) is 13.0. The molecule has 36 heavy (non-hydrogen) atoms. The summed E-state index contributed by atoms with van der Waals surface area (Å²) in [6, 6.07) is 8.75. The summed E-state index contributed by atoms with van der Waals surface area (Å²) in [5.74, 6) is 0.710. The Hall–Kier alpha value is -3.38. The molecule has 4 heterocycles. The Balaban J connectivity index is 1.43. The second kappa shape index (κ2) is 9.94. The molecule has 1 saturated carbocycles. The van der Waals surface area contributed by atoms with Crippen LogP contribution in [0.5, 0.6) is 5.88 Å². The maximum absolute atomic E-state index is 12.9. The van der Waals surface area contributed by atoms with Crippen molar-refractivity contribution in [2.75, 3.05) is 18.0 Å². The van der Waals surface area contributed by atoms with Crippen LogP contribution in [-0.2, 0) is 13.6 Å². The molecule has 3 atom stereocenters. The van der Waals surface area contributed by atoms with Gasteiger partial charge in [-0.3, -0.25) is 14.4 Å². The third-order valence-electron chi connectivity index (χ3n) is 7.71. The Labute approximate surface area is 211 Å². The van der Waals surface area contributed by atoms with E-state index < -0.39 is 0 Å². The number of nitrogens with zero attached hydrogens (tertiary/aromatic N) is 7. The van der Waals surface area contributed by atoms with Crippen LogP contribution in [0.15, 0.2) is 35.4 Å². The number of ether oxygens (including phenoxy) is 1. The van der Waals surface area contributed by atoms with Crippen LogP contribution in [-0.4, -0.2) is 55.5 Å². The third kappa shape index (κ3) is 4.58. The largest absolute Gasteiger partial charge is 0.474 e. The Morgan fingerprint density at radius 3 is 2.61 bits per heavy atom. The van der Waals surface area contributed by atoms with E-state index in [0.717, 1.165) is 55.5 Å². The molecular formula is C27H35N7O2. The summed E-state index contributed by atoms with van der Waals surface area (Å²) in [6.45, 7) is 8.52. The number of aryl methyl sites for hydroxylation is 1. The number of rotatable bonds is 8. The summed E-state index contributed by atoms with van der Waals surface area (Å²) in [5.41, 5.74) is 3.52. The Kier molecular flexibility index (Phi) is 6.71. The summed E-state index contributed by atoms with van der Waals surface area (Å²) in [5, 5.41) is 13.9. The van der Waals surface area contributed by atoms with Gasteiger partial charge in [0.2, 0.25) is 5.88 Å². The molecule has 1 saturated heterocycles. The van der Waals surface area contributed by atoms with E-state index in [0.29, 0.717) is 18.0 Å². The summed E-state index contributed by atoms with van der Waals surface area (Å²) in [7, 11) is 1.76. The quantitative estimate of drug-likeness (QED) is 0.477. The Bertz CT molecular complexity index is 1320. The fourth-order valence-electron chi connectivity index (χ4n) is 5.32. The molecule has 0 N–H and O–H groups in total. The van der Waals surface area contributed by atoms with Crippen molar-refractivity contribution in [3.8, 4) is 11.9 Å². The minimum absolute atomic E-state index is 0.0627. The number of piperazine rings is 1. The van der Waals surface area contributed by atoms with Crippen LogP contribution in [0.3, 0.4) is 0 Å². The van der Waals surface area contributed by atoms with E-state index in [2.05, 4.69) is 47.7 Å². The normalized spacial score (nSPS) is 21.5. The maximum atomic E-state index is 12.9. The summed E-state index contributed by atoms with van der Waals surface area (Å²) < 4.78 is 9.06. The SMILES string of the molecule is CC[C@H]1CN(C(C)c2ccc(OC3CC3)nc2)[C@H](CC)CN1c1cc(=O)n(C)c2cn(CC#N)nc12. The van der Waals surface area contributed by atoms with Crippen molar-refractivity contribution in [3.05, 3.63) is 46.5 Å². The number of aromatic nitrogens is 4. The smallest absolute Gasteiger partial charge is 0.252 e. The van der Waals surface area contributed by atoms with Gasteiger partial charge in [0.1, 0.15) is 18.2 Å². The highest BCUT2D eigenvalue weighted by Gasteiger charge is 2.36. The zero-order valence-electron chi connectivity index (χ0n) is 21.6. The first-order chi connectivity index (χ1) is 17.4. The first-order valence-electron chi connectivity index (χ1n) is 13.0. The number of fused-ring (bicyclic) bond motifs is 1. The topological polar surface area (TPSA) is 92.2 Å². The average Bonchev–Trinajstić information content (AvgIpc) is 3.61. The molecule has 3 aromatic rings. The van der Waals surface area contributed by atoms with Crippen LogP contribution in [0, 0.1) is 11.3 Å². The van der Waals surface area contributed by atoms with Crippen molar-refractivity contribution in [2.24, 2.45) is 7.05 Å². The number of anilines is 1. The predicted molar refractivity (Wildman–Crippen MR) is 139 cm³/mol.